The summed E-state index contributed by atoms with van der Waals surface area (Å²) < 4.78 is 2.85. The molecule has 6 heteroatoms. The van der Waals surface area contributed by atoms with Gasteiger partial charge in [0.25, 0.3) is 0 Å². The fourth-order valence-electron chi connectivity index (χ4n) is 2.38. The van der Waals surface area contributed by atoms with E-state index in [1.807, 2.05) is 47.1 Å². The Labute approximate surface area is 147 Å². The van der Waals surface area contributed by atoms with E-state index in [-0.39, 0.29) is 24.5 Å². The van der Waals surface area contributed by atoms with Gasteiger partial charge in [0.05, 0.1) is 12.2 Å². The summed E-state index contributed by atoms with van der Waals surface area (Å²) in [5, 5.41) is 2.80. The second-order valence-corrected chi connectivity index (χ2v) is 6.33. The average molecular weight is 386 g/mol. The molecular weight excluding hydrogens is 370 g/mol. The number of rotatable bonds is 6. The molecule has 0 radical (unpaired) electrons. The molecule has 0 atom stereocenters. The Balaban J connectivity index is 1.50. The molecule has 2 aromatic heterocycles. The van der Waals surface area contributed by atoms with Crippen LogP contribution in [0.25, 0.3) is 5.65 Å². The number of hydrogen-bond donors (Lipinski definition) is 1. The van der Waals surface area contributed by atoms with Crippen LogP contribution < -0.4 is 5.32 Å². The first-order chi connectivity index (χ1) is 11.6. The number of hydrogen-bond acceptors (Lipinski definition) is 3. The number of benzene rings is 1. The van der Waals surface area contributed by atoms with Crippen LogP contribution in [0.4, 0.5) is 0 Å². The lowest BCUT2D eigenvalue weighted by Gasteiger charge is -2.03. The zero-order valence-corrected chi connectivity index (χ0v) is 14.5. The molecule has 0 saturated heterocycles. The van der Waals surface area contributed by atoms with Crippen LogP contribution in [0.15, 0.2) is 59.3 Å². The van der Waals surface area contributed by atoms with Crippen molar-refractivity contribution < 1.29 is 9.59 Å². The molecule has 0 fully saturated rings. The molecule has 122 valence electrons. The normalized spacial score (nSPS) is 10.7. The zero-order chi connectivity index (χ0) is 16.9. The fraction of sp³-hybridized carbons (Fsp3) is 0.167. The Morgan fingerprint density at radius 2 is 1.83 bits per heavy atom. The number of halogens is 1. The molecule has 0 unspecified atom stereocenters. The van der Waals surface area contributed by atoms with Crippen LogP contribution >= 0.6 is 15.9 Å². The van der Waals surface area contributed by atoms with Gasteiger partial charge in [-0.3, -0.25) is 9.59 Å². The van der Waals surface area contributed by atoms with Crippen LogP contribution in [0, 0.1) is 0 Å². The van der Waals surface area contributed by atoms with Crippen molar-refractivity contribution in [1.29, 1.82) is 0 Å². The first-order valence-electron chi connectivity index (χ1n) is 7.60. The van der Waals surface area contributed by atoms with Gasteiger partial charge in [0.15, 0.2) is 5.78 Å². The van der Waals surface area contributed by atoms with Crippen molar-refractivity contribution >= 4 is 33.3 Å². The maximum absolute atomic E-state index is 12.0. The van der Waals surface area contributed by atoms with E-state index in [0.717, 1.165) is 15.8 Å². The standard InChI is InChI=1S/C18H16BrN3O2/c19-14-6-8-17-21-15(12-22(17)11-14)10-20-18(24)9-7-16(23)13-4-2-1-3-5-13/h1-6,8,11-12H,7,9-10H2,(H,20,24). The van der Waals surface area contributed by atoms with Gasteiger partial charge in [-0.15, -0.1) is 0 Å². The molecule has 24 heavy (non-hydrogen) atoms. The Bertz CT molecular complexity index is 874. The van der Waals surface area contributed by atoms with Gasteiger partial charge in [-0.1, -0.05) is 30.3 Å². The van der Waals surface area contributed by atoms with Crippen LogP contribution in [0.5, 0.6) is 0 Å². The minimum Gasteiger partial charge on any atom is -0.350 e. The summed E-state index contributed by atoms with van der Waals surface area (Å²) >= 11 is 3.41. The summed E-state index contributed by atoms with van der Waals surface area (Å²) in [5.74, 6) is -0.180. The number of Topliss-reactive ketones (excluding diaryl/α,β-unsaturated/α-hetero) is 1. The van der Waals surface area contributed by atoms with E-state index < -0.39 is 0 Å². The van der Waals surface area contributed by atoms with Crippen molar-refractivity contribution in [3.8, 4) is 0 Å². The topological polar surface area (TPSA) is 63.5 Å². The van der Waals surface area contributed by atoms with E-state index in [4.69, 9.17) is 0 Å². The largest absolute Gasteiger partial charge is 0.350 e. The van der Waals surface area contributed by atoms with E-state index in [0.29, 0.717) is 12.1 Å². The smallest absolute Gasteiger partial charge is 0.220 e. The molecule has 1 N–H and O–H groups in total. The van der Waals surface area contributed by atoms with Gasteiger partial charge in [0, 0.05) is 35.3 Å². The van der Waals surface area contributed by atoms with Gasteiger partial charge < -0.3 is 9.72 Å². The number of ketones is 1. The van der Waals surface area contributed by atoms with Crippen LogP contribution in [0.1, 0.15) is 28.9 Å². The van der Waals surface area contributed by atoms with Gasteiger partial charge in [-0.2, -0.15) is 0 Å². The Morgan fingerprint density at radius 1 is 1.04 bits per heavy atom. The number of amides is 1. The lowest BCUT2D eigenvalue weighted by molar-refractivity contribution is -0.121. The number of carbonyl (C=O) groups is 2. The lowest BCUT2D eigenvalue weighted by Crippen LogP contribution is -2.23. The van der Waals surface area contributed by atoms with E-state index >= 15 is 0 Å². The quantitative estimate of drug-likeness (QED) is 0.661. The monoisotopic (exact) mass is 385 g/mol. The summed E-state index contributed by atoms with van der Waals surface area (Å²) in [6.07, 6.45) is 4.16. The molecular formula is C18H16BrN3O2. The summed E-state index contributed by atoms with van der Waals surface area (Å²) in [7, 11) is 0. The van der Waals surface area contributed by atoms with Crippen LogP contribution in [0.2, 0.25) is 0 Å². The first-order valence-corrected chi connectivity index (χ1v) is 8.39. The zero-order valence-electron chi connectivity index (χ0n) is 12.9. The van der Waals surface area contributed by atoms with Crippen molar-refractivity contribution in [1.82, 2.24) is 14.7 Å². The molecule has 0 aliphatic heterocycles. The van der Waals surface area contributed by atoms with E-state index in [9.17, 15) is 9.59 Å². The fourth-order valence-corrected chi connectivity index (χ4v) is 2.73. The lowest BCUT2D eigenvalue weighted by atomic mass is 10.1. The molecule has 1 amide bonds. The second kappa shape index (κ2) is 7.40. The Hall–Kier alpha value is -2.47. The Kier molecular flexibility index (Phi) is 5.05. The minimum atomic E-state index is -0.155. The second-order valence-electron chi connectivity index (χ2n) is 5.41. The molecule has 0 aliphatic rings. The molecule has 0 bridgehead atoms. The Morgan fingerprint density at radius 3 is 2.62 bits per heavy atom. The number of carbonyl (C=O) groups excluding carboxylic acids is 2. The predicted molar refractivity (Wildman–Crippen MR) is 94.7 cm³/mol. The highest BCUT2D eigenvalue weighted by Crippen LogP contribution is 2.12. The van der Waals surface area contributed by atoms with Gasteiger partial charge in [-0.05, 0) is 28.1 Å². The number of imidazole rings is 1. The average Bonchev–Trinajstić information content (AvgIpc) is 3.00. The van der Waals surface area contributed by atoms with Crippen LogP contribution in [-0.4, -0.2) is 21.1 Å². The molecule has 5 nitrogen and oxygen atoms in total. The van der Waals surface area contributed by atoms with Gasteiger partial charge >= 0.3 is 0 Å². The molecule has 2 heterocycles. The van der Waals surface area contributed by atoms with Crippen molar-refractivity contribution in [2.75, 3.05) is 0 Å². The van der Waals surface area contributed by atoms with Gasteiger partial charge in [0.2, 0.25) is 5.91 Å². The molecule has 1 aromatic carbocycles. The maximum atomic E-state index is 12.0. The van der Waals surface area contributed by atoms with Crippen molar-refractivity contribution in [3.05, 3.63) is 70.6 Å². The first kappa shape index (κ1) is 16.4. The van der Waals surface area contributed by atoms with Gasteiger partial charge in [-0.25, -0.2) is 4.98 Å². The summed E-state index contributed by atoms with van der Waals surface area (Å²) in [6, 6.07) is 12.8. The predicted octanol–water partition coefficient (Wildman–Crippen LogP) is 3.38. The highest BCUT2D eigenvalue weighted by Gasteiger charge is 2.09. The highest BCUT2D eigenvalue weighted by atomic mass is 79.9. The minimum absolute atomic E-state index is 0.0247. The summed E-state index contributed by atoms with van der Waals surface area (Å²) in [6.45, 7) is 0.345. The molecule has 0 spiro atoms. The van der Waals surface area contributed by atoms with E-state index in [2.05, 4.69) is 26.2 Å². The van der Waals surface area contributed by atoms with Crippen LogP contribution in [0.3, 0.4) is 0 Å². The number of nitrogens with one attached hydrogen (secondary N) is 1. The van der Waals surface area contributed by atoms with E-state index in [1.54, 1.807) is 12.1 Å². The van der Waals surface area contributed by atoms with Crippen LogP contribution in [-0.2, 0) is 11.3 Å². The van der Waals surface area contributed by atoms with Crippen molar-refractivity contribution in [2.45, 2.75) is 19.4 Å². The SMILES string of the molecule is O=C(CCC(=O)c1ccccc1)NCc1cn2cc(Br)ccc2n1. The third-order valence-electron chi connectivity index (χ3n) is 3.61. The number of fused-ring (bicyclic) bond motifs is 1. The summed E-state index contributed by atoms with van der Waals surface area (Å²) in [4.78, 5) is 28.3. The van der Waals surface area contributed by atoms with Crippen molar-refractivity contribution in [2.24, 2.45) is 0 Å². The molecule has 3 rings (SSSR count). The maximum Gasteiger partial charge on any atom is 0.220 e. The highest BCUT2D eigenvalue weighted by molar-refractivity contribution is 9.10. The van der Waals surface area contributed by atoms with Gasteiger partial charge in [0.1, 0.15) is 5.65 Å². The number of nitrogens with zero attached hydrogens (tertiary/aromatic N) is 2. The summed E-state index contributed by atoms with van der Waals surface area (Å²) in [5.41, 5.74) is 2.23. The molecule has 0 saturated carbocycles. The third-order valence-corrected chi connectivity index (χ3v) is 4.08. The molecule has 0 aliphatic carbocycles. The number of pyridine rings is 1. The van der Waals surface area contributed by atoms with Crippen molar-refractivity contribution in [3.63, 3.8) is 0 Å². The molecule has 3 aromatic rings. The third kappa shape index (κ3) is 4.08. The number of aromatic nitrogens is 2. The van der Waals surface area contributed by atoms with E-state index in [1.165, 1.54) is 0 Å².